The number of aryl methyl sites for hydroxylation is 2. The zero-order valence-electron chi connectivity index (χ0n) is 16.4. The molecule has 1 saturated heterocycles. The predicted octanol–water partition coefficient (Wildman–Crippen LogP) is 3.71. The quantitative estimate of drug-likeness (QED) is 0.760. The van der Waals surface area contributed by atoms with Crippen LogP contribution in [0, 0.1) is 19.8 Å². The van der Waals surface area contributed by atoms with Gasteiger partial charge in [0.25, 0.3) is 0 Å². The lowest BCUT2D eigenvalue weighted by molar-refractivity contribution is -0.126. The van der Waals surface area contributed by atoms with Crippen LogP contribution in [0.15, 0.2) is 48.5 Å². The van der Waals surface area contributed by atoms with Gasteiger partial charge in [0.2, 0.25) is 5.91 Å². The molecular weight excluding hydrogens is 336 g/mol. The van der Waals surface area contributed by atoms with E-state index in [1.165, 1.54) is 16.7 Å². The van der Waals surface area contributed by atoms with E-state index in [9.17, 15) is 4.79 Å². The van der Waals surface area contributed by atoms with Gasteiger partial charge >= 0.3 is 0 Å². The molecule has 0 unspecified atom stereocenters. The molecule has 4 heteroatoms. The summed E-state index contributed by atoms with van der Waals surface area (Å²) < 4.78 is 5.67. The maximum Gasteiger partial charge on any atom is 0.223 e. The second-order valence-electron chi connectivity index (χ2n) is 7.49. The summed E-state index contributed by atoms with van der Waals surface area (Å²) in [6.07, 6.45) is 1.85. The van der Waals surface area contributed by atoms with Crippen LogP contribution in [0.4, 0.5) is 0 Å². The Balaban J connectivity index is 1.34. The minimum atomic E-state index is 0.123. The topological polar surface area (TPSA) is 41.6 Å². The van der Waals surface area contributed by atoms with E-state index < -0.39 is 0 Å². The monoisotopic (exact) mass is 366 g/mol. The third kappa shape index (κ3) is 6.10. The van der Waals surface area contributed by atoms with Gasteiger partial charge in [-0.15, -0.1) is 0 Å². The fraction of sp³-hybridized carbons (Fsp3) is 0.435. The molecule has 2 aromatic carbocycles. The second-order valence-corrected chi connectivity index (χ2v) is 7.49. The van der Waals surface area contributed by atoms with Crippen molar-refractivity contribution < 1.29 is 9.53 Å². The summed E-state index contributed by atoms with van der Waals surface area (Å²) in [6, 6.07) is 16.6. The van der Waals surface area contributed by atoms with Gasteiger partial charge in [0.05, 0.1) is 6.54 Å². The fourth-order valence-electron chi connectivity index (χ4n) is 3.54. The van der Waals surface area contributed by atoms with Gasteiger partial charge in [-0.05, 0) is 57.5 Å². The maximum absolute atomic E-state index is 12.4. The van der Waals surface area contributed by atoms with Crippen molar-refractivity contribution in [1.82, 2.24) is 10.2 Å². The van der Waals surface area contributed by atoms with Crippen LogP contribution in [0.2, 0.25) is 0 Å². The maximum atomic E-state index is 12.4. The van der Waals surface area contributed by atoms with Gasteiger partial charge in [0, 0.05) is 12.5 Å². The van der Waals surface area contributed by atoms with Crippen LogP contribution in [0.5, 0.6) is 5.75 Å². The molecule has 1 aliphatic rings. The SMILES string of the molecule is Cc1ccc(OCCNC(=O)C2CCN(Cc3cccc(C)c3)CC2)cc1. The van der Waals surface area contributed by atoms with Crippen LogP contribution in [-0.4, -0.2) is 37.0 Å². The number of likely N-dealkylation sites (tertiary alicyclic amines) is 1. The number of hydrogen-bond donors (Lipinski definition) is 1. The molecule has 1 heterocycles. The van der Waals surface area contributed by atoms with Crippen LogP contribution in [-0.2, 0) is 11.3 Å². The minimum Gasteiger partial charge on any atom is -0.492 e. The van der Waals surface area contributed by atoms with Gasteiger partial charge in [-0.25, -0.2) is 0 Å². The van der Waals surface area contributed by atoms with Crippen LogP contribution in [0.1, 0.15) is 29.5 Å². The first kappa shape index (κ1) is 19.4. The molecule has 1 fully saturated rings. The number of nitrogens with one attached hydrogen (secondary N) is 1. The lowest BCUT2D eigenvalue weighted by Crippen LogP contribution is -2.41. The number of nitrogens with zero attached hydrogens (tertiary/aromatic N) is 1. The molecule has 144 valence electrons. The normalized spacial score (nSPS) is 15.5. The summed E-state index contributed by atoms with van der Waals surface area (Å²) in [5, 5.41) is 3.02. The van der Waals surface area contributed by atoms with Crippen molar-refractivity contribution in [3.8, 4) is 5.75 Å². The number of piperidine rings is 1. The molecule has 0 aliphatic carbocycles. The molecule has 2 aromatic rings. The molecule has 1 aliphatic heterocycles. The van der Waals surface area contributed by atoms with Crippen LogP contribution >= 0.6 is 0 Å². The molecule has 0 atom stereocenters. The highest BCUT2D eigenvalue weighted by Crippen LogP contribution is 2.19. The number of amides is 1. The summed E-state index contributed by atoms with van der Waals surface area (Å²) in [5.74, 6) is 1.13. The predicted molar refractivity (Wildman–Crippen MR) is 109 cm³/mol. The number of carbonyl (C=O) groups is 1. The first-order chi connectivity index (χ1) is 13.1. The highest BCUT2D eigenvalue weighted by Gasteiger charge is 2.24. The second kappa shape index (κ2) is 9.56. The molecule has 0 spiro atoms. The van der Waals surface area contributed by atoms with E-state index in [2.05, 4.69) is 48.3 Å². The molecular formula is C23H30N2O2. The summed E-state index contributed by atoms with van der Waals surface area (Å²) in [6.45, 7) is 8.16. The molecule has 4 nitrogen and oxygen atoms in total. The van der Waals surface area contributed by atoms with Gasteiger partial charge < -0.3 is 10.1 Å². The van der Waals surface area contributed by atoms with Gasteiger partial charge in [-0.2, -0.15) is 0 Å². The summed E-state index contributed by atoms with van der Waals surface area (Å²) in [7, 11) is 0. The van der Waals surface area contributed by atoms with Crippen LogP contribution < -0.4 is 10.1 Å². The van der Waals surface area contributed by atoms with E-state index in [0.29, 0.717) is 13.2 Å². The van der Waals surface area contributed by atoms with Crippen molar-refractivity contribution in [2.24, 2.45) is 5.92 Å². The fourth-order valence-corrected chi connectivity index (χ4v) is 3.54. The molecule has 1 amide bonds. The Morgan fingerprint density at radius 2 is 1.81 bits per heavy atom. The summed E-state index contributed by atoms with van der Waals surface area (Å²) >= 11 is 0. The third-order valence-electron chi connectivity index (χ3n) is 5.14. The number of benzene rings is 2. The van der Waals surface area contributed by atoms with Gasteiger partial charge in [-0.3, -0.25) is 9.69 Å². The Morgan fingerprint density at radius 1 is 1.07 bits per heavy atom. The Hall–Kier alpha value is -2.33. The van der Waals surface area contributed by atoms with Crippen molar-refractivity contribution in [2.75, 3.05) is 26.2 Å². The number of ether oxygens (including phenoxy) is 1. The molecule has 0 bridgehead atoms. The van der Waals surface area contributed by atoms with E-state index in [0.717, 1.165) is 38.2 Å². The van der Waals surface area contributed by atoms with Gasteiger partial charge in [0.1, 0.15) is 12.4 Å². The van der Waals surface area contributed by atoms with Gasteiger partial charge in [-0.1, -0.05) is 47.5 Å². The van der Waals surface area contributed by atoms with E-state index in [1.807, 2.05) is 24.3 Å². The molecule has 0 radical (unpaired) electrons. The standard InChI is InChI=1S/C23H30N2O2/c1-18-6-8-22(9-7-18)27-15-12-24-23(26)21-10-13-25(14-11-21)17-20-5-3-4-19(2)16-20/h3-9,16,21H,10-15,17H2,1-2H3,(H,24,26). The molecule has 1 N–H and O–H groups in total. The largest absolute Gasteiger partial charge is 0.492 e. The zero-order valence-corrected chi connectivity index (χ0v) is 16.4. The number of rotatable bonds is 7. The van der Waals surface area contributed by atoms with E-state index in [4.69, 9.17) is 4.74 Å². The summed E-state index contributed by atoms with van der Waals surface area (Å²) in [5.41, 5.74) is 3.87. The average molecular weight is 367 g/mol. The van der Waals surface area contributed by atoms with E-state index in [1.54, 1.807) is 0 Å². The first-order valence-electron chi connectivity index (χ1n) is 9.85. The smallest absolute Gasteiger partial charge is 0.223 e. The molecule has 0 aromatic heterocycles. The Morgan fingerprint density at radius 3 is 2.52 bits per heavy atom. The van der Waals surface area contributed by atoms with E-state index in [-0.39, 0.29) is 11.8 Å². The van der Waals surface area contributed by atoms with Crippen LogP contribution in [0.25, 0.3) is 0 Å². The van der Waals surface area contributed by atoms with Crippen molar-refractivity contribution in [2.45, 2.75) is 33.2 Å². The van der Waals surface area contributed by atoms with Crippen molar-refractivity contribution in [3.05, 3.63) is 65.2 Å². The number of hydrogen-bond acceptors (Lipinski definition) is 3. The minimum absolute atomic E-state index is 0.123. The lowest BCUT2D eigenvalue weighted by Gasteiger charge is -2.31. The van der Waals surface area contributed by atoms with Crippen molar-refractivity contribution in [3.63, 3.8) is 0 Å². The van der Waals surface area contributed by atoms with E-state index >= 15 is 0 Å². The average Bonchev–Trinajstić information content (AvgIpc) is 2.67. The molecule has 0 saturated carbocycles. The Kier molecular flexibility index (Phi) is 6.88. The van der Waals surface area contributed by atoms with Crippen molar-refractivity contribution >= 4 is 5.91 Å². The zero-order chi connectivity index (χ0) is 19.1. The molecule has 27 heavy (non-hydrogen) atoms. The Labute approximate surface area is 162 Å². The number of carbonyl (C=O) groups excluding carboxylic acids is 1. The third-order valence-corrected chi connectivity index (χ3v) is 5.14. The van der Waals surface area contributed by atoms with Crippen molar-refractivity contribution in [1.29, 1.82) is 0 Å². The van der Waals surface area contributed by atoms with Gasteiger partial charge in [0.15, 0.2) is 0 Å². The lowest BCUT2D eigenvalue weighted by atomic mass is 9.95. The molecule has 3 rings (SSSR count). The van der Waals surface area contributed by atoms with Crippen LogP contribution in [0.3, 0.4) is 0 Å². The Bertz CT molecular complexity index is 734. The highest BCUT2D eigenvalue weighted by molar-refractivity contribution is 5.78. The summed E-state index contributed by atoms with van der Waals surface area (Å²) in [4.78, 5) is 14.8. The highest BCUT2D eigenvalue weighted by atomic mass is 16.5. The first-order valence-corrected chi connectivity index (χ1v) is 9.85.